The summed E-state index contributed by atoms with van der Waals surface area (Å²) in [5.41, 5.74) is 0. The fourth-order valence-electron chi connectivity index (χ4n) is 2.92. The molecule has 1 heterocycles. The van der Waals surface area contributed by atoms with Crippen LogP contribution in [0.3, 0.4) is 0 Å². The molecule has 1 amide bonds. The van der Waals surface area contributed by atoms with Crippen molar-refractivity contribution in [3.63, 3.8) is 0 Å². The quantitative estimate of drug-likeness (QED) is 0.787. The summed E-state index contributed by atoms with van der Waals surface area (Å²) in [4.78, 5) is 24.9. The molecule has 136 valence electrons. The molecule has 8 heteroatoms. The highest BCUT2D eigenvalue weighted by molar-refractivity contribution is 7.74. The summed E-state index contributed by atoms with van der Waals surface area (Å²) >= 11 is 0. The van der Waals surface area contributed by atoms with Gasteiger partial charge in [-0.3, -0.25) is 9.46 Å². The lowest BCUT2D eigenvalue weighted by molar-refractivity contribution is -0.141. The Bertz CT molecular complexity index is 798. The van der Waals surface area contributed by atoms with Crippen molar-refractivity contribution in [3.8, 4) is 0 Å². The van der Waals surface area contributed by atoms with E-state index >= 15 is 0 Å². The molecule has 2 atom stereocenters. The van der Waals surface area contributed by atoms with Crippen molar-refractivity contribution in [1.29, 1.82) is 0 Å². The third-order valence-electron chi connectivity index (χ3n) is 4.20. The maximum absolute atomic E-state index is 13.7. The van der Waals surface area contributed by atoms with Crippen molar-refractivity contribution in [2.45, 2.75) is 18.6 Å². The number of β-amino-alcohol motifs (C(OH)–C–C–N with tert-alkyl or cyclic N) is 1. The Labute approximate surface area is 150 Å². The first-order chi connectivity index (χ1) is 12.4. The van der Waals surface area contributed by atoms with E-state index in [-0.39, 0.29) is 13.0 Å². The Balaban J connectivity index is 1.96. The molecule has 0 aliphatic carbocycles. The number of carboxylic acid groups (broad SMARTS) is 1. The number of benzene rings is 2. The summed E-state index contributed by atoms with van der Waals surface area (Å²) in [6, 6.07) is 15.4. The summed E-state index contributed by atoms with van der Waals surface area (Å²) in [7, 11) is -3.77. The van der Waals surface area contributed by atoms with Gasteiger partial charge >= 0.3 is 19.4 Å². The SMILES string of the molecule is O=C(O)[C@@H]1CC(O)CN1C(=O)OP(=O)(c1ccccc1)c1ccccc1. The molecule has 1 saturated heterocycles. The highest BCUT2D eigenvalue weighted by Crippen LogP contribution is 2.45. The van der Waals surface area contributed by atoms with Crippen LogP contribution in [0.4, 0.5) is 4.79 Å². The summed E-state index contributed by atoms with van der Waals surface area (Å²) in [5.74, 6) is -1.24. The van der Waals surface area contributed by atoms with E-state index in [2.05, 4.69) is 0 Å². The van der Waals surface area contributed by atoms with E-state index in [9.17, 15) is 24.4 Å². The van der Waals surface area contributed by atoms with Gasteiger partial charge in [-0.05, 0) is 24.3 Å². The average molecular weight is 375 g/mol. The van der Waals surface area contributed by atoms with Crippen molar-refractivity contribution in [2.75, 3.05) is 6.54 Å². The lowest BCUT2D eigenvalue weighted by atomic mass is 10.2. The molecule has 0 radical (unpaired) electrons. The minimum absolute atomic E-state index is 0.0919. The number of aliphatic carboxylic acids is 1. The monoisotopic (exact) mass is 375 g/mol. The normalized spacial score (nSPS) is 20.0. The molecule has 1 unspecified atom stereocenters. The summed E-state index contributed by atoms with van der Waals surface area (Å²) in [6.45, 7) is -0.181. The topological polar surface area (TPSA) is 104 Å². The molecule has 1 fully saturated rings. The third kappa shape index (κ3) is 3.49. The fourth-order valence-corrected chi connectivity index (χ4v) is 4.88. The van der Waals surface area contributed by atoms with Gasteiger partial charge in [0.1, 0.15) is 6.04 Å². The molecule has 0 spiro atoms. The van der Waals surface area contributed by atoms with Crippen LogP contribution in [0.5, 0.6) is 0 Å². The van der Waals surface area contributed by atoms with E-state index in [0.29, 0.717) is 10.6 Å². The Morgan fingerprint density at radius 3 is 1.96 bits per heavy atom. The number of nitrogens with zero attached hydrogens (tertiary/aromatic N) is 1. The van der Waals surface area contributed by atoms with Crippen LogP contribution in [-0.4, -0.2) is 45.9 Å². The Kier molecular flexibility index (Phi) is 5.11. The highest BCUT2D eigenvalue weighted by atomic mass is 31.2. The predicted octanol–water partition coefficient (Wildman–Crippen LogP) is 1.57. The second kappa shape index (κ2) is 7.32. The molecule has 7 nitrogen and oxygen atoms in total. The van der Waals surface area contributed by atoms with Gasteiger partial charge in [-0.2, -0.15) is 0 Å². The zero-order valence-corrected chi connectivity index (χ0v) is 14.7. The van der Waals surface area contributed by atoms with Crippen LogP contribution in [0.2, 0.25) is 0 Å². The number of carbonyl (C=O) groups is 2. The van der Waals surface area contributed by atoms with Crippen molar-refractivity contribution < 1.29 is 28.9 Å². The van der Waals surface area contributed by atoms with Crippen LogP contribution in [0, 0.1) is 0 Å². The number of likely N-dealkylation sites (tertiary alicyclic amines) is 1. The van der Waals surface area contributed by atoms with E-state index in [1.165, 1.54) is 0 Å². The number of amides is 1. The Morgan fingerprint density at radius 2 is 1.50 bits per heavy atom. The first kappa shape index (κ1) is 18.2. The van der Waals surface area contributed by atoms with E-state index in [4.69, 9.17) is 4.52 Å². The summed E-state index contributed by atoms with van der Waals surface area (Å²) in [5, 5.41) is 19.6. The second-order valence-corrected chi connectivity index (χ2v) is 8.29. The van der Waals surface area contributed by atoms with Gasteiger partial charge in [-0.1, -0.05) is 36.4 Å². The molecular weight excluding hydrogens is 357 g/mol. The van der Waals surface area contributed by atoms with Crippen molar-refractivity contribution in [1.82, 2.24) is 4.90 Å². The van der Waals surface area contributed by atoms with Gasteiger partial charge in [0.15, 0.2) is 0 Å². The van der Waals surface area contributed by atoms with Gasteiger partial charge in [-0.15, -0.1) is 0 Å². The number of hydrogen-bond donors (Lipinski definition) is 2. The minimum atomic E-state index is -3.77. The van der Waals surface area contributed by atoms with Gasteiger partial charge in [0.25, 0.3) is 0 Å². The minimum Gasteiger partial charge on any atom is -0.480 e. The number of carboxylic acids is 1. The van der Waals surface area contributed by atoms with Crippen molar-refractivity contribution in [2.24, 2.45) is 0 Å². The van der Waals surface area contributed by atoms with E-state index in [1.54, 1.807) is 60.7 Å². The zero-order valence-electron chi connectivity index (χ0n) is 13.8. The van der Waals surface area contributed by atoms with Crippen molar-refractivity contribution >= 4 is 30.0 Å². The van der Waals surface area contributed by atoms with Gasteiger partial charge in [0.2, 0.25) is 0 Å². The van der Waals surface area contributed by atoms with Crippen molar-refractivity contribution in [3.05, 3.63) is 60.7 Å². The molecule has 3 rings (SSSR count). The third-order valence-corrected chi connectivity index (χ3v) is 6.57. The summed E-state index contributed by atoms with van der Waals surface area (Å²) < 4.78 is 19.1. The smallest absolute Gasteiger partial charge is 0.416 e. The molecule has 0 aromatic heterocycles. The number of carbonyl (C=O) groups excluding carboxylic acids is 1. The Hall–Kier alpha value is -2.63. The van der Waals surface area contributed by atoms with Crippen LogP contribution >= 0.6 is 7.37 Å². The summed E-state index contributed by atoms with van der Waals surface area (Å²) in [6.07, 6.45) is -2.08. The first-order valence-corrected chi connectivity index (χ1v) is 9.66. The van der Waals surface area contributed by atoms with Crippen LogP contribution in [0.25, 0.3) is 0 Å². The molecule has 2 aromatic carbocycles. The molecule has 1 aliphatic heterocycles. The Morgan fingerprint density at radius 1 is 1.00 bits per heavy atom. The number of hydrogen-bond acceptors (Lipinski definition) is 5. The number of rotatable bonds is 4. The highest BCUT2D eigenvalue weighted by Gasteiger charge is 2.43. The molecular formula is C18H18NO6P. The molecule has 2 aromatic rings. The lowest BCUT2D eigenvalue weighted by Crippen LogP contribution is -2.41. The molecule has 2 N–H and O–H groups in total. The molecule has 0 bridgehead atoms. The van der Waals surface area contributed by atoms with E-state index in [0.717, 1.165) is 4.90 Å². The number of aliphatic hydroxyl groups is 1. The molecule has 1 aliphatic rings. The molecule has 0 saturated carbocycles. The largest absolute Gasteiger partial charge is 0.480 e. The van der Waals surface area contributed by atoms with Gasteiger partial charge in [0, 0.05) is 6.42 Å². The number of aliphatic hydroxyl groups excluding tert-OH is 1. The maximum Gasteiger partial charge on any atom is 0.416 e. The maximum atomic E-state index is 13.7. The predicted molar refractivity (Wildman–Crippen MR) is 95.0 cm³/mol. The molecule has 26 heavy (non-hydrogen) atoms. The average Bonchev–Trinajstić information content (AvgIpc) is 3.05. The van der Waals surface area contributed by atoms with Gasteiger partial charge < -0.3 is 14.7 Å². The van der Waals surface area contributed by atoms with Gasteiger partial charge in [0.05, 0.1) is 23.3 Å². The fraction of sp³-hybridized carbons (Fsp3) is 0.222. The first-order valence-electron chi connectivity index (χ1n) is 8.04. The van der Waals surface area contributed by atoms with Crippen LogP contribution in [-0.2, 0) is 13.9 Å². The zero-order chi connectivity index (χ0) is 18.7. The second-order valence-electron chi connectivity index (χ2n) is 5.98. The lowest BCUT2D eigenvalue weighted by Gasteiger charge is -2.25. The standard InChI is InChI=1S/C18H18NO6P/c20-13-11-16(17(21)22)19(12-13)18(23)25-26(24,14-7-3-1-4-8-14)15-9-5-2-6-10-15/h1-10,13,16,20H,11-12H2,(H,21,22)/t13?,16-/m0/s1. The van der Waals surface area contributed by atoms with E-state index < -0.39 is 31.6 Å². The van der Waals surface area contributed by atoms with Crippen LogP contribution < -0.4 is 10.6 Å². The van der Waals surface area contributed by atoms with Gasteiger partial charge in [-0.25, -0.2) is 9.59 Å². The van der Waals surface area contributed by atoms with Crippen LogP contribution in [0.15, 0.2) is 60.7 Å². The van der Waals surface area contributed by atoms with E-state index in [1.807, 2.05) is 0 Å². The van der Waals surface area contributed by atoms with Crippen LogP contribution in [0.1, 0.15) is 6.42 Å².